The van der Waals surface area contributed by atoms with Gasteiger partial charge in [0.25, 0.3) is 0 Å². The molecule has 0 aromatic heterocycles. The molecule has 2 unspecified atom stereocenters. The average Bonchev–Trinajstić information content (AvgIpc) is 2.26. The number of hydrogen-bond acceptors (Lipinski definition) is 3. The molecule has 2 fully saturated rings. The summed E-state index contributed by atoms with van der Waals surface area (Å²) < 4.78 is 5.27. The van der Waals surface area contributed by atoms with E-state index >= 15 is 0 Å². The molecule has 4 nitrogen and oxygen atoms in total. The van der Waals surface area contributed by atoms with E-state index < -0.39 is 5.60 Å². The minimum atomic E-state index is -0.412. The molecule has 2 aliphatic rings. The van der Waals surface area contributed by atoms with Gasteiger partial charge in [-0.2, -0.15) is 0 Å². The van der Waals surface area contributed by atoms with E-state index in [1.165, 1.54) is 32.1 Å². The predicted octanol–water partition coefficient (Wildman–Crippen LogP) is 3.07. The third-order valence-corrected chi connectivity index (χ3v) is 4.48. The van der Waals surface area contributed by atoms with Gasteiger partial charge in [-0.3, -0.25) is 0 Å². The fraction of sp³-hybridized carbons (Fsp3) is 0.938. The van der Waals surface area contributed by atoms with Crippen molar-refractivity contribution in [3.8, 4) is 0 Å². The van der Waals surface area contributed by atoms with Gasteiger partial charge in [-0.05, 0) is 71.3 Å². The lowest BCUT2D eigenvalue weighted by atomic mass is 9.71. The molecule has 0 aromatic carbocycles. The molecule has 2 N–H and O–H groups in total. The minimum absolute atomic E-state index is 0.290. The number of amides is 1. The monoisotopic (exact) mass is 282 g/mol. The van der Waals surface area contributed by atoms with E-state index in [0.717, 1.165) is 25.4 Å². The van der Waals surface area contributed by atoms with Gasteiger partial charge in [-0.15, -0.1) is 0 Å². The van der Waals surface area contributed by atoms with Crippen LogP contribution >= 0.6 is 0 Å². The zero-order valence-corrected chi connectivity index (χ0v) is 13.2. The van der Waals surface area contributed by atoms with Crippen LogP contribution in [-0.2, 0) is 4.74 Å². The first-order chi connectivity index (χ1) is 9.46. The number of rotatable bonds is 4. The second kappa shape index (κ2) is 6.79. The van der Waals surface area contributed by atoms with Crippen LogP contribution in [0.15, 0.2) is 0 Å². The lowest BCUT2D eigenvalue weighted by molar-refractivity contribution is 0.0519. The van der Waals surface area contributed by atoms with Crippen LogP contribution in [0.1, 0.15) is 59.3 Å². The quantitative estimate of drug-likeness (QED) is 0.833. The lowest BCUT2D eigenvalue weighted by Crippen LogP contribution is -2.49. The number of alkyl carbamates (subject to hydrolysis) is 1. The van der Waals surface area contributed by atoms with Crippen molar-refractivity contribution >= 4 is 6.09 Å². The zero-order valence-electron chi connectivity index (χ0n) is 13.2. The van der Waals surface area contributed by atoms with E-state index in [9.17, 15) is 4.79 Å². The number of carbonyl (C=O) groups excluding carboxylic acids is 1. The third-order valence-electron chi connectivity index (χ3n) is 4.48. The smallest absolute Gasteiger partial charge is 0.407 e. The first kappa shape index (κ1) is 15.6. The van der Waals surface area contributed by atoms with Crippen LogP contribution in [0.2, 0.25) is 0 Å². The Hall–Kier alpha value is -0.770. The molecule has 2 atom stereocenters. The molecule has 0 aromatic rings. The van der Waals surface area contributed by atoms with Crippen molar-refractivity contribution in [2.45, 2.75) is 70.9 Å². The highest BCUT2D eigenvalue weighted by molar-refractivity contribution is 5.67. The summed E-state index contributed by atoms with van der Waals surface area (Å²) in [5.41, 5.74) is -0.412. The highest BCUT2D eigenvalue weighted by Gasteiger charge is 2.34. The van der Waals surface area contributed by atoms with Crippen LogP contribution in [0.25, 0.3) is 0 Å². The first-order valence-electron chi connectivity index (χ1n) is 8.16. The molecular weight excluding hydrogens is 252 g/mol. The Labute approximate surface area is 123 Å². The van der Waals surface area contributed by atoms with Crippen molar-refractivity contribution in [2.75, 3.05) is 13.1 Å². The van der Waals surface area contributed by atoms with E-state index in [1.807, 2.05) is 20.8 Å². The normalized spacial score (nSPS) is 27.8. The van der Waals surface area contributed by atoms with Gasteiger partial charge in [-0.1, -0.05) is 6.42 Å². The fourth-order valence-electron chi connectivity index (χ4n) is 3.33. The minimum Gasteiger partial charge on any atom is -0.444 e. The molecule has 4 heteroatoms. The molecule has 0 radical (unpaired) electrons. The largest absolute Gasteiger partial charge is 0.444 e. The maximum atomic E-state index is 11.6. The summed E-state index contributed by atoms with van der Waals surface area (Å²) in [5, 5.41) is 6.60. The Kier molecular flexibility index (Phi) is 5.30. The SMILES string of the molecule is CC(C)(C)OC(=O)NCCC1CCCNC1C1CCC1. The highest BCUT2D eigenvalue weighted by atomic mass is 16.6. The van der Waals surface area contributed by atoms with Crippen molar-refractivity contribution in [2.24, 2.45) is 11.8 Å². The van der Waals surface area contributed by atoms with Crippen LogP contribution in [0.3, 0.4) is 0 Å². The van der Waals surface area contributed by atoms with Crippen molar-refractivity contribution < 1.29 is 9.53 Å². The van der Waals surface area contributed by atoms with E-state index in [0.29, 0.717) is 12.0 Å². The molecule has 1 amide bonds. The Morgan fingerprint density at radius 1 is 1.25 bits per heavy atom. The summed E-state index contributed by atoms with van der Waals surface area (Å²) in [6, 6.07) is 0.679. The molecule has 1 saturated carbocycles. The van der Waals surface area contributed by atoms with E-state index in [4.69, 9.17) is 4.74 Å². The summed E-state index contributed by atoms with van der Waals surface area (Å²) >= 11 is 0. The summed E-state index contributed by atoms with van der Waals surface area (Å²) in [6.07, 6.45) is 7.49. The number of nitrogens with one attached hydrogen (secondary N) is 2. The molecule has 20 heavy (non-hydrogen) atoms. The second-order valence-corrected chi connectivity index (χ2v) is 7.29. The van der Waals surface area contributed by atoms with Crippen molar-refractivity contribution in [3.05, 3.63) is 0 Å². The molecular formula is C16H30N2O2. The van der Waals surface area contributed by atoms with E-state index in [-0.39, 0.29) is 6.09 Å². The zero-order chi connectivity index (χ0) is 14.6. The van der Waals surface area contributed by atoms with Crippen molar-refractivity contribution in [1.29, 1.82) is 0 Å². The molecule has 1 aliphatic carbocycles. The maximum absolute atomic E-state index is 11.6. The van der Waals surface area contributed by atoms with Gasteiger partial charge in [0, 0.05) is 12.6 Å². The Morgan fingerprint density at radius 3 is 2.60 bits per heavy atom. The summed E-state index contributed by atoms with van der Waals surface area (Å²) in [6.45, 7) is 7.57. The van der Waals surface area contributed by atoms with E-state index in [1.54, 1.807) is 0 Å². The van der Waals surface area contributed by atoms with Crippen LogP contribution in [-0.4, -0.2) is 30.8 Å². The molecule has 1 heterocycles. The molecule has 0 spiro atoms. The Morgan fingerprint density at radius 2 is 2.00 bits per heavy atom. The van der Waals surface area contributed by atoms with Gasteiger partial charge in [0.2, 0.25) is 0 Å². The molecule has 2 rings (SSSR count). The first-order valence-corrected chi connectivity index (χ1v) is 8.16. The molecule has 116 valence electrons. The predicted molar refractivity (Wildman–Crippen MR) is 80.7 cm³/mol. The second-order valence-electron chi connectivity index (χ2n) is 7.29. The average molecular weight is 282 g/mol. The van der Waals surface area contributed by atoms with Gasteiger partial charge in [0.1, 0.15) is 5.60 Å². The van der Waals surface area contributed by atoms with Crippen LogP contribution in [0.4, 0.5) is 4.79 Å². The van der Waals surface area contributed by atoms with Crippen molar-refractivity contribution in [1.82, 2.24) is 10.6 Å². The van der Waals surface area contributed by atoms with Crippen LogP contribution in [0, 0.1) is 11.8 Å². The van der Waals surface area contributed by atoms with Crippen LogP contribution in [0.5, 0.6) is 0 Å². The van der Waals surface area contributed by atoms with Gasteiger partial charge in [0.05, 0.1) is 0 Å². The van der Waals surface area contributed by atoms with Gasteiger partial charge in [-0.25, -0.2) is 4.79 Å². The Bertz CT molecular complexity index is 321. The topological polar surface area (TPSA) is 50.4 Å². The van der Waals surface area contributed by atoms with Gasteiger partial charge >= 0.3 is 6.09 Å². The van der Waals surface area contributed by atoms with Crippen molar-refractivity contribution in [3.63, 3.8) is 0 Å². The lowest BCUT2D eigenvalue weighted by Gasteiger charge is -2.42. The maximum Gasteiger partial charge on any atom is 0.407 e. The van der Waals surface area contributed by atoms with Gasteiger partial charge < -0.3 is 15.4 Å². The summed E-state index contributed by atoms with van der Waals surface area (Å²) in [4.78, 5) is 11.6. The Balaban J connectivity index is 1.70. The number of piperidine rings is 1. The molecule has 1 aliphatic heterocycles. The van der Waals surface area contributed by atoms with Crippen LogP contribution < -0.4 is 10.6 Å². The number of carbonyl (C=O) groups is 1. The molecule has 1 saturated heterocycles. The summed E-state index contributed by atoms with van der Waals surface area (Å²) in [7, 11) is 0. The third kappa shape index (κ3) is 4.65. The van der Waals surface area contributed by atoms with E-state index in [2.05, 4.69) is 10.6 Å². The highest BCUT2D eigenvalue weighted by Crippen LogP contribution is 2.36. The fourth-order valence-corrected chi connectivity index (χ4v) is 3.33. The number of hydrogen-bond donors (Lipinski definition) is 2. The van der Waals surface area contributed by atoms with Gasteiger partial charge in [0.15, 0.2) is 0 Å². The summed E-state index contributed by atoms with van der Waals surface area (Å²) in [5.74, 6) is 1.59. The standard InChI is InChI=1S/C16H30N2O2/c1-16(2,3)20-15(19)18-11-9-13-8-5-10-17-14(13)12-6-4-7-12/h12-14,17H,4-11H2,1-3H3,(H,18,19). The molecule has 0 bridgehead atoms. The number of ether oxygens (including phenoxy) is 1.